The van der Waals surface area contributed by atoms with Crippen LogP contribution in [0.1, 0.15) is 57.3 Å². The lowest BCUT2D eigenvalue weighted by Crippen LogP contribution is -2.32. The van der Waals surface area contributed by atoms with E-state index in [9.17, 15) is 9.59 Å². The summed E-state index contributed by atoms with van der Waals surface area (Å²) < 4.78 is 3.52. The number of rotatable bonds is 7. The van der Waals surface area contributed by atoms with Gasteiger partial charge in [0.05, 0.1) is 41.3 Å². The maximum atomic E-state index is 13.8. The van der Waals surface area contributed by atoms with Crippen LogP contribution >= 0.6 is 11.6 Å². The zero-order valence-corrected chi connectivity index (χ0v) is 26.1. The lowest BCUT2D eigenvalue weighted by Gasteiger charge is -2.23. The number of aromatic nitrogens is 5. The maximum Gasteiger partial charge on any atom is 0.254 e. The molecule has 10 nitrogen and oxygen atoms in total. The van der Waals surface area contributed by atoms with Crippen LogP contribution in [0.25, 0.3) is 28.1 Å². The fourth-order valence-corrected chi connectivity index (χ4v) is 5.75. The summed E-state index contributed by atoms with van der Waals surface area (Å²) in [6.45, 7) is 6.95. The van der Waals surface area contributed by atoms with E-state index in [1.807, 2.05) is 54.3 Å². The van der Waals surface area contributed by atoms with E-state index in [1.165, 1.54) is 6.07 Å². The zero-order valence-electron chi connectivity index (χ0n) is 25.3. The average Bonchev–Trinajstić information content (AvgIpc) is 3.46. The number of amides is 1. The van der Waals surface area contributed by atoms with E-state index in [1.54, 1.807) is 24.1 Å². The molecule has 5 rings (SSSR count). The molecule has 0 saturated heterocycles. The van der Waals surface area contributed by atoms with Gasteiger partial charge in [-0.1, -0.05) is 44.9 Å². The van der Waals surface area contributed by atoms with Crippen molar-refractivity contribution in [3.63, 3.8) is 0 Å². The van der Waals surface area contributed by atoms with Crippen molar-refractivity contribution in [2.75, 3.05) is 7.05 Å². The van der Waals surface area contributed by atoms with Gasteiger partial charge in [0.1, 0.15) is 0 Å². The second kappa shape index (κ2) is 13.4. The second-order valence-corrected chi connectivity index (χ2v) is 12.0. The Balaban J connectivity index is 1.57. The normalized spacial score (nSPS) is 19.2. The third-order valence-corrected chi connectivity index (χ3v) is 8.06. The molecule has 3 N–H and O–H groups in total. The molecule has 2 bridgehead atoms. The quantitative estimate of drug-likeness (QED) is 0.235. The number of nitrogens with one attached hydrogen (secondary N) is 3. The molecule has 44 heavy (non-hydrogen) atoms. The highest BCUT2D eigenvalue weighted by atomic mass is 35.5. The van der Waals surface area contributed by atoms with Crippen LogP contribution in [-0.4, -0.2) is 43.5 Å². The highest BCUT2D eigenvalue weighted by molar-refractivity contribution is 6.31. The summed E-state index contributed by atoms with van der Waals surface area (Å²) in [6.07, 6.45) is 10.1. The number of hydrogen-bond acceptors (Lipinski definition) is 7. The van der Waals surface area contributed by atoms with Crippen LogP contribution in [0.5, 0.6) is 0 Å². The van der Waals surface area contributed by atoms with Crippen LogP contribution in [0.2, 0.25) is 5.02 Å². The summed E-state index contributed by atoms with van der Waals surface area (Å²) in [6, 6.07) is 10.4. The number of carbonyl (C=O) groups excluding carboxylic acids is 1. The van der Waals surface area contributed by atoms with Gasteiger partial charge in [0, 0.05) is 65.9 Å². The molecule has 4 heterocycles. The van der Waals surface area contributed by atoms with Gasteiger partial charge in [0.2, 0.25) is 5.91 Å². The Morgan fingerprint density at radius 1 is 1.11 bits per heavy atom. The number of allylic oxidation sites excluding steroid dienone is 1. The van der Waals surface area contributed by atoms with Crippen LogP contribution in [0.4, 0.5) is 0 Å². The Kier molecular flexibility index (Phi) is 9.39. The third kappa shape index (κ3) is 6.65. The first-order valence-electron chi connectivity index (χ1n) is 14.8. The van der Waals surface area contributed by atoms with E-state index in [-0.39, 0.29) is 17.4 Å². The molecule has 228 valence electrons. The first-order chi connectivity index (χ1) is 21.2. The van der Waals surface area contributed by atoms with Crippen LogP contribution < -0.4 is 16.2 Å². The molecule has 1 aromatic carbocycles. The van der Waals surface area contributed by atoms with E-state index in [4.69, 9.17) is 22.0 Å². The molecule has 0 aliphatic carbocycles. The van der Waals surface area contributed by atoms with Crippen LogP contribution in [0.3, 0.4) is 0 Å². The topological polar surface area (TPSA) is 131 Å². The summed E-state index contributed by atoms with van der Waals surface area (Å²) in [7, 11) is 1.74. The lowest BCUT2D eigenvalue weighted by molar-refractivity contribution is -0.123. The Morgan fingerprint density at radius 2 is 1.93 bits per heavy atom. The maximum absolute atomic E-state index is 13.8. The van der Waals surface area contributed by atoms with Gasteiger partial charge in [-0.05, 0) is 48.6 Å². The Labute approximate surface area is 261 Å². The van der Waals surface area contributed by atoms with E-state index >= 15 is 0 Å². The number of benzene rings is 1. The van der Waals surface area contributed by atoms with Crippen molar-refractivity contribution in [3.8, 4) is 22.4 Å². The van der Waals surface area contributed by atoms with Gasteiger partial charge in [-0.15, -0.1) is 0 Å². The number of nitrogens with zero attached hydrogens (tertiary/aromatic N) is 5. The lowest BCUT2D eigenvalue weighted by atomic mass is 9.96. The molecule has 3 aromatic heterocycles. The number of halogens is 1. The van der Waals surface area contributed by atoms with Crippen molar-refractivity contribution in [3.05, 3.63) is 93.6 Å². The van der Waals surface area contributed by atoms with E-state index in [2.05, 4.69) is 34.6 Å². The monoisotopic (exact) mass is 612 g/mol. The SMILES string of the molecule is CN/C1=C(\C=N)NC(=O)C(C)CCCC(n2cnc(-c3cc(Cl)ccc3-c3cnn(CC(C)C)c3)cc2=O)c2cc1ccn2. The molecular weight excluding hydrogens is 576 g/mol. The predicted octanol–water partition coefficient (Wildman–Crippen LogP) is 5.54. The van der Waals surface area contributed by atoms with Crippen LogP contribution in [-0.2, 0) is 11.3 Å². The summed E-state index contributed by atoms with van der Waals surface area (Å²) >= 11 is 6.42. The standard InChI is InChI=1S/C33H37ClN8O2/c1-20(2)17-41-18-23(16-39-41)25-9-8-24(34)13-26(25)27-14-31(43)42(19-38-27)30-7-5-6-21(3)33(44)40-29(15-35)32(36-4)22-10-11-37-28(30)12-22/h8-16,18-21,30,35-36H,5-7,17H2,1-4H3,(H,40,44)/b32-29+,35-15?. The minimum Gasteiger partial charge on any atom is -0.386 e. The largest absolute Gasteiger partial charge is 0.386 e. The van der Waals surface area contributed by atoms with E-state index in [0.717, 1.165) is 35.0 Å². The molecule has 0 saturated carbocycles. The Morgan fingerprint density at radius 3 is 2.66 bits per heavy atom. The highest BCUT2D eigenvalue weighted by Gasteiger charge is 2.23. The summed E-state index contributed by atoms with van der Waals surface area (Å²) in [5, 5.41) is 19.0. The molecule has 1 aliphatic rings. The van der Waals surface area contributed by atoms with Gasteiger partial charge < -0.3 is 16.0 Å². The minimum absolute atomic E-state index is 0.155. The van der Waals surface area contributed by atoms with Crippen LogP contribution in [0, 0.1) is 17.2 Å². The van der Waals surface area contributed by atoms with Crippen molar-refractivity contribution in [1.29, 1.82) is 5.41 Å². The molecular formula is C33H37ClN8O2. The van der Waals surface area contributed by atoms with Crippen molar-refractivity contribution in [2.45, 2.75) is 52.6 Å². The summed E-state index contributed by atoms with van der Waals surface area (Å²) in [5.41, 5.74) is 5.23. The van der Waals surface area contributed by atoms with E-state index < -0.39 is 6.04 Å². The van der Waals surface area contributed by atoms with Crippen LogP contribution in [0.15, 0.2) is 71.8 Å². The smallest absolute Gasteiger partial charge is 0.254 e. The number of carbonyl (C=O) groups is 1. The highest BCUT2D eigenvalue weighted by Crippen LogP contribution is 2.33. The van der Waals surface area contributed by atoms with Crippen molar-refractivity contribution in [2.24, 2.45) is 11.8 Å². The number of pyridine rings is 1. The third-order valence-electron chi connectivity index (χ3n) is 7.82. The zero-order chi connectivity index (χ0) is 31.4. The fraction of sp³-hybridized carbons (Fsp3) is 0.333. The molecule has 1 amide bonds. The molecule has 0 radical (unpaired) electrons. The number of fused-ring (bicyclic) bond motifs is 2. The molecule has 4 aromatic rings. The Hall–Kier alpha value is -4.57. The first kappa shape index (κ1) is 30.9. The van der Waals surface area contributed by atoms with Gasteiger partial charge in [-0.2, -0.15) is 5.10 Å². The molecule has 2 atom stereocenters. The van der Waals surface area contributed by atoms with Gasteiger partial charge in [-0.3, -0.25) is 23.8 Å². The fourth-order valence-electron chi connectivity index (χ4n) is 5.57. The van der Waals surface area contributed by atoms with Crippen molar-refractivity contribution in [1.82, 2.24) is 34.9 Å². The first-order valence-corrected chi connectivity index (χ1v) is 15.2. The van der Waals surface area contributed by atoms with Gasteiger partial charge in [0.15, 0.2) is 0 Å². The van der Waals surface area contributed by atoms with E-state index in [0.29, 0.717) is 53.0 Å². The molecule has 1 aliphatic heterocycles. The Bertz CT molecular complexity index is 1770. The minimum atomic E-state index is -0.409. The molecule has 0 spiro atoms. The predicted molar refractivity (Wildman–Crippen MR) is 173 cm³/mol. The molecule has 11 heteroatoms. The van der Waals surface area contributed by atoms with Crippen molar-refractivity contribution >= 4 is 29.4 Å². The second-order valence-electron chi connectivity index (χ2n) is 11.5. The van der Waals surface area contributed by atoms with Gasteiger partial charge in [-0.25, -0.2) is 4.98 Å². The molecule has 0 fully saturated rings. The van der Waals surface area contributed by atoms with Gasteiger partial charge in [0.25, 0.3) is 5.56 Å². The van der Waals surface area contributed by atoms with Crippen molar-refractivity contribution < 1.29 is 4.79 Å². The molecule has 2 unspecified atom stereocenters. The average molecular weight is 613 g/mol. The van der Waals surface area contributed by atoms with Gasteiger partial charge >= 0.3 is 0 Å². The summed E-state index contributed by atoms with van der Waals surface area (Å²) in [5.74, 6) is 0.0163. The summed E-state index contributed by atoms with van der Waals surface area (Å²) in [4.78, 5) is 36.1. The number of hydrogen-bond donors (Lipinski definition) is 3.